The van der Waals surface area contributed by atoms with Gasteiger partial charge in [-0.05, 0) is 36.6 Å². The van der Waals surface area contributed by atoms with Crippen molar-refractivity contribution in [2.75, 3.05) is 17.8 Å². The third-order valence-corrected chi connectivity index (χ3v) is 4.79. The van der Waals surface area contributed by atoms with Crippen LogP contribution in [0.1, 0.15) is 10.4 Å². The molecule has 0 saturated heterocycles. The molecule has 0 aliphatic carbocycles. The molecule has 0 aliphatic heterocycles. The van der Waals surface area contributed by atoms with Crippen LogP contribution < -0.4 is 5.32 Å². The van der Waals surface area contributed by atoms with E-state index in [1.807, 2.05) is 30.5 Å². The summed E-state index contributed by atoms with van der Waals surface area (Å²) in [7, 11) is -3.33. The van der Waals surface area contributed by atoms with Gasteiger partial charge in [-0.3, -0.25) is 4.79 Å². The molecule has 2 aromatic carbocycles. The molecule has 0 aliphatic rings. The Hall–Kier alpha value is -1.79. The summed E-state index contributed by atoms with van der Waals surface area (Å²) in [5, 5.41) is 2.80. The van der Waals surface area contributed by atoms with Gasteiger partial charge in [-0.1, -0.05) is 18.2 Å². The van der Waals surface area contributed by atoms with Crippen molar-refractivity contribution in [3.8, 4) is 0 Å². The van der Waals surface area contributed by atoms with Crippen molar-refractivity contribution in [3.05, 3.63) is 54.1 Å². The van der Waals surface area contributed by atoms with E-state index < -0.39 is 9.84 Å². The second-order valence-electron chi connectivity index (χ2n) is 4.45. The third kappa shape index (κ3) is 3.86. The average Bonchev–Trinajstić information content (AvgIpc) is 2.47. The Balaban J connectivity index is 2.29. The van der Waals surface area contributed by atoms with E-state index in [4.69, 9.17) is 0 Å². The summed E-state index contributed by atoms with van der Waals surface area (Å²) in [6.07, 6.45) is 3.04. The number of carbonyl (C=O) groups excluding carboxylic acids is 1. The summed E-state index contributed by atoms with van der Waals surface area (Å²) in [5.41, 5.74) is 1.02. The van der Waals surface area contributed by atoms with Crippen molar-refractivity contribution in [2.24, 2.45) is 0 Å². The normalized spacial score (nSPS) is 11.1. The number of amides is 1. The van der Waals surface area contributed by atoms with Crippen molar-refractivity contribution in [2.45, 2.75) is 9.79 Å². The molecule has 21 heavy (non-hydrogen) atoms. The van der Waals surface area contributed by atoms with Crippen LogP contribution in [-0.2, 0) is 9.84 Å². The van der Waals surface area contributed by atoms with Gasteiger partial charge in [0.2, 0.25) is 0 Å². The van der Waals surface area contributed by atoms with Gasteiger partial charge < -0.3 is 5.32 Å². The Bertz CT molecular complexity index is 770. The Morgan fingerprint density at radius 2 is 1.81 bits per heavy atom. The SMILES string of the molecule is CSc1ccccc1NC(=O)c1cccc(S(C)(=O)=O)c1. The number of anilines is 1. The zero-order chi connectivity index (χ0) is 15.5. The third-order valence-electron chi connectivity index (χ3n) is 2.88. The Labute approximate surface area is 128 Å². The zero-order valence-corrected chi connectivity index (χ0v) is 13.3. The minimum absolute atomic E-state index is 0.133. The molecule has 0 radical (unpaired) electrons. The average molecular weight is 321 g/mol. The van der Waals surface area contributed by atoms with E-state index in [9.17, 15) is 13.2 Å². The monoisotopic (exact) mass is 321 g/mol. The van der Waals surface area contributed by atoms with Crippen LogP contribution >= 0.6 is 11.8 Å². The van der Waals surface area contributed by atoms with Crippen LogP contribution in [0.3, 0.4) is 0 Å². The van der Waals surface area contributed by atoms with Gasteiger partial charge in [-0.15, -0.1) is 11.8 Å². The van der Waals surface area contributed by atoms with Crippen molar-refractivity contribution >= 4 is 33.2 Å². The van der Waals surface area contributed by atoms with Crippen LogP contribution in [0.15, 0.2) is 58.3 Å². The standard InChI is InChI=1S/C15H15NO3S2/c1-20-14-9-4-3-8-13(14)16-15(17)11-6-5-7-12(10-11)21(2,18)19/h3-10H,1-2H3,(H,16,17). The lowest BCUT2D eigenvalue weighted by molar-refractivity contribution is 0.102. The van der Waals surface area contributed by atoms with Crippen LogP contribution in [0.4, 0.5) is 5.69 Å². The van der Waals surface area contributed by atoms with Gasteiger partial charge in [0.05, 0.1) is 10.6 Å². The van der Waals surface area contributed by atoms with Gasteiger partial charge in [0, 0.05) is 16.7 Å². The Morgan fingerprint density at radius 1 is 1.10 bits per heavy atom. The largest absolute Gasteiger partial charge is 0.321 e. The van der Waals surface area contributed by atoms with Crippen molar-refractivity contribution in [3.63, 3.8) is 0 Å². The smallest absolute Gasteiger partial charge is 0.255 e. The zero-order valence-electron chi connectivity index (χ0n) is 11.7. The maximum Gasteiger partial charge on any atom is 0.255 e. The molecule has 0 bridgehead atoms. The van der Waals surface area contributed by atoms with E-state index in [0.717, 1.165) is 11.2 Å². The molecule has 0 heterocycles. The quantitative estimate of drug-likeness (QED) is 0.879. The first-order chi connectivity index (χ1) is 9.91. The predicted molar refractivity (Wildman–Crippen MR) is 85.7 cm³/mol. The first kappa shape index (κ1) is 15.6. The maximum atomic E-state index is 12.2. The molecular weight excluding hydrogens is 306 g/mol. The minimum Gasteiger partial charge on any atom is -0.321 e. The number of para-hydroxylation sites is 1. The number of nitrogens with one attached hydrogen (secondary N) is 1. The first-order valence-corrected chi connectivity index (χ1v) is 9.28. The highest BCUT2D eigenvalue weighted by molar-refractivity contribution is 7.98. The number of hydrogen-bond acceptors (Lipinski definition) is 4. The second-order valence-corrected chi connectivity index (χ2v) is 7.32. The van der Waals surface area contributed by atoms with Gasteiger partial charge in [0.1, 0.15) is 0 Å². The first-order valence-electron chi connectivity index (χ1n) is 6.16. The second kappa shape index (κ2) is 6.32. The van der Waals surface area contributed by atoms with Crippen LogP contribution in [0.2, 0.25) is 0 Å². The van der Waals surface area contributed by atoms with Gasteiger partial charge in [0.25, 0.3) is 5.91 Å². The van der Waals surface area contributed by atoms with E-state index >= 15 is 0 Å². The highest BCUT2D eigenvalue weighted by atomic mass is 32.2. The van der Waals surface area contributed by atoms with E-state index in [2.05, 4.69) is 5.32 Å². The fourth-order valence-corrected chi connectivity index (χ4v) is 3.03. The number of benzene rings is 2. The molecule has 1 amide bonds. The number of sulfone groups is 1. The number of thioether (sulfide) groups is 1. The lowest BCUT2D eigenvalue weighted by Crippen LogP contribution is -2.13. The molecule has 0 fully saturated rings. The fraction of sp³-hybridized carbons (Fsp3) is 0.133. The molecular formula is C15H15NO3S2. The van der Waals surface area contributed by atoms with Crippen molar-refractivity contribution < 1.29 is 13.2 Å². The topological polar surface area (TPSA) is 63.2 Å². The Morgan fingerprint density at radius 3 is 2.48 bits per heavy atom. The molecule has 2 aromatic rings. The van der Waals surface area contributed by atoms with Crippen molar-refractivity contribution in [1.29, 1.82) is 0 Å². The van der Waals surface area contributed by atoms with E-state index in [1.54, 1.807) is 12.1 Å². The van der Waals surface area contributed by atoms with Gasteiger partial charge in [-0.2, -0.15) is 0 Å². The highest BCUT2D eigenvalue weighted by Crippen LogP contribution is 2.25. The van der Waals surface area contributed by atoms with Gasteiger partial charge in [0.15, 0.2) is 9.84 Å². The minimum atomic E-state index is -3.33. The summed E-state index contributed by atoms with van der Waals surface area (Å²) in [5.74, 6) is -0.331. The molecule has 0 unspecified atom stereocenters. The summed E-state index contributed by atoms with van der Waals surface area (Å²) in [6, 6.07) is 13.5. The molecule has 0 atom stereocenters. The summed E-state index contributed by atoms with van der Waals surface area (Å²) >= 11 is 1.53. The van der Waals surface area contributed by atoms with Gasteiger partial charge in [-0.25, -0.2) is 8.42 Å². The summed E-state index contributed by atoms with van der Waals surface area (Å²) in [4.78, 5) is 13.3. The van der Waals surface area contributed by atoms with Crippen LogP contribution in [0, 0.1) is 0 Å². The summed E-state index contributed by atoms with van der Waals surface area (Å²) in [6.45, 7) is 0. The maximum absolute atomic E-state index is 12.2. The molecule has 2 rings (SSSR count). The molecule has 0 aromatic heterocycles. The molecule has 6 heteroatoms. The number of hydrogen-bond donors (Lipinski definition) is 1. The van der Waals surface area contributed by atoms with Crippen LogP contribution in [-0.4, -0.2) is 26.8 Å². The molecule has 110 valence electrons. The number of rotatable bonds is 4. The molecule has 0 spiro atoms. The highest BCUT2D eigenvalue weighted by Gasteiger charge is 2.12. The molecule has 0 saturated carbocycles. The fourth-order valence-electron chi connectivity index (χ4n) is 1.81. The van der Waals surface area contributed by atoms with E-state index in [0.29, 0.717) is 11.3 Å². The van der Waals surface area contributed by atoms with Crippen LogP contribution in [0.5, 0.6) is 0 Å². The summed E-state index contributed by atoms with van der Waals surface area (Å²) < 4.78 is 23.1. The van der Waals surface area contributed by atoms with E-state index in [1.165, 1.54) is 23.9 Å². The van der Waals surface area contributed by atoms with Crippen molar-refractivity contribution in [1.82, 2.24) is 0 Å². The lowest BCUT2D eigenvalue weighted by Gasteiger charge is -2.09. The van der Waals surface area contributed by atoms with E-state index in [-0.39, 0.29) is 10.8 Å². The Kier molecular flexibility index (Phi) is 4.69. The van der Waals surface area contributed by atoms with Crippen LogP contribution in [0.25, 0.3) is 0 Å². The lowest BCUT2D eigenvalue weighted by atomic mass is 10.2. The number of carbonyl (C=O) groups is 1. The van der Waals surface area contributed by atoms with Gasteiger partial charge >= 0.3 is 0 Å². The predicted octanol–water partition coefficient (Wildman–Crippen LogP) is 3.06. The molecule has 1 N–H and O–H groups in total. The molecule has 4 nitrogen and oxygen atoms in total.